The molecule has 1 aromatic heterocycles. The Morgan fingerprint density at radius 3 is 2.39 bits per heavy atom. The van der Waals surface area contributed by atoms with Crippen molar-refractivity contribution < 1.29 is 4.79 Å². The van der Waals surface area contributed by atoms with E-state index in [1.807, 2.05) is 33.5 Å². The molecule has 0 unspecified atom stereocenters. The van der Waals surface area contributed by atoms with Crippen LogP contribution in [0.2, 0.25) is 0 Å². The van der Waals surface area contributed by atoms with Crippen LogP contribution in [0.25, 0.3) is 0 Å². The third-order valence-electron chi connectivity index (χ3n) is 3.94. The zero-order chi connectivity index (χ0) is 13.8. The van der Waals surface area contributed by atoms with E-state index >= 15 is 0 Å². The molecule has 0 aromatic carbocycles. The molecule has 4 heteroatoms. The van der Waals surface area contributed by atoms with Crippen LogP contribution in [0.3, 0.4) is 0 Å². The number of nitrogens with zero attached hydrogens (tertiary/aromatic N) is 3. The minimum atomic E-state index is -0.303. The van der Waals surface area contributed by atoms with Crippen molar-refractivity contribution >= 4 is 5.78 Å². The van der Waals surface area contributed by atoms with Gasteiger partial charge in [0, 0.05) is 19.7 Å². The Balaban J connectivity index is 2.68. The molecule has 0 radical (unpaired) electrons. The highest BCUT2D eigenvalue weighted by atomic mass is 16.1. The number of aryl methyl sites for hydroxylation is 2. The fourth-order valence-electron chi connectivity index (χ4n) is 2.62. The minimum Gasteiger partial charge on any atom is -0.298 e. The summed E-state index contributed by atoms with van der Waals surface area (Å²) >= 11 is 0. The van der Waals surface area contributed by atoms with E-state index in [1.54, 1.807) is 4.68 Å². The Labute approximate surface area is 110 Å². The number of carbonyl (C=O) groups excluding carboxylic acids is 1. The van der Waals surface area contributed by atoms with Gasteiger partial charge in [0.2, 0.25) is 0 Å². The highest BCUT2D eigenvalue weighted by Crippen LogP contribution is 2.24. The van der Waals surface area contributed by atoms with Crippen LogP contribution in [-0.4, -0.2) is 40.1 Å². The van der Waals surface area contributed by atoms with Gasteiger partial charge in [-0.3, -0.25) is 14.4 Å². The van der Waals surface area contributed by atoms with Gasteiger partial charge in [-0.15, -0.1) is 0 Å². The second kappa shape index (κ2) is 6.14. The molecular weight excluding hydrogens is 226 g/mol. The van der Waals surface area contributed by atoms with Gasteiger partial charge in [-0.1, -0.05) is 13.8 Å². The van der Waals surface area contributed by atoms with E-state index in [0.29, 0.717) is 12.2 Å². The van der Waals surface area contributed by atoms with Gasteiger partial charge in [0.1, 0.15) is 0 Å². The van der Waals surface area contributed by atoms with Crippen molar-refractivity contribution in [2.24, 2.45) is 7.05 Å². The Bertz CT molecular complexity index is 391. The third-order valence-corrected chi connectivity index (χ3v) is 3.94. The van der Waals surface area contributed by atoms with Crippen LogP contribution in [0.4, 0.5) is 0 Å². The van der Waals surface area contributed by atoms with E-state index in [-0.39, 0.29) is 5.54 Å². The first-order valence-corrected chi connectivity index (χ1v) is 6.64. The molecule has 0 aliphatic carbocycles. The average molecular weight is 251 g/mol. The van der Waals surface area contributed by atoms with Gasteiger partial charge in [0.05, 0.1) is 11.7 Å². The SMILES string of the molecule is CCC(CC)(C(=O)CCc1cnn(C)c1)N(C)C. The lowest BCUT2D eigenvalue weighted by Gasteiger charge is -2.37. The molecule has 1 aromatic rings. The van der Waals surface area contributed by atoms with Gasteiger partial charge in [0.15, 0.2) is 5.78 Å². The molecule has 0 amide bonds. The van der Waals surface area contributed by atoms with Crippen molar-refractivity contribution in [3.05, 3.63) is 18.0 Å². The normalized spacial score (nSPS) is 12.1. The maximum Gasteiger partial charge on any atom is 0.153 e. The summed E-state index contributed by atoms with van der Waals surface area (Å²) in [6, 6.07) is 0. The van der Waals surface area contributed by atoms with Gasteiger partial charge in [0.25, 0.3) is 0 Å². The Morgan fingerprint density at radius 2 is 2.00 bits per heavy atom. The van der Waals surface area contributed by atoms with Gasteiger partial charge in [-0.05, 0) is 38.9 Å². The lowest BCUT2D eigenvalue weighted by molar-refractivity contribution is -0.130. The average Bonchev–Trinajstić information content (AvgIpc) is 2.74. The molecule has 0 atom stereocenters. The first kappa shape index (κ1) is 14.9. The van der Waals surface area contributed by atoms with E-state index in [2.05, 4.69) is 23.8 Å². The lowest BCUT2D eigenvalue weighted by atomic mass is 9.84. The number of likely N-dealkylation sites (N-methyl/N-ethyl adjacent to an activating group) is 1. The fraction of sp³-hybridized carbons (Fsp3) is 0.714. The predicted molar refractivity (Wildman–Crippen MR) is 73.5 cm³/mol. The fourth-order valence-corrected chi connectivity index (χ4v) is 2.62. The topological polar surface area (TPSA) is 38.1 Å². The standard InChI is InChI=1S/C14H25N3O/c1-6-14(7-2,16(3)4)13(18)9-8-12-10-15-17(5)11-12/h10-11H,6-9H2,1-5H3. The summed E-state index contributed by atoms with van der Waals surface area (Å²) in [5.41, 5.74) is 0.827. The molecule has 0 saturated carbocycles. The molecule has 18 heavy (non-hydrogen) atoms. The van der Waals surface area contributed by atoms with Gasteiger partial charge in [-0.25, -0.2) is 0 Å². The molecule has 0 aliphatic heterocycles. The van der Waals surface area contributed by atoms with Crippen molar-refractivity contribution in [3.63, 3.8) is 0 Å². The van der Waals surface area contributed by atoms with Crippen LogP contribution in [-0.2, 0) is 18.3 Å². The van der Waals surface area contributed by atoms with Crippen molar-refractivity contribution in [2.75, 3.05) is 14.1 Å². The van der Waals surface area contributed by atoms with Crippen molar-refractivity contribution in [1.82, 2.24) is 14.7 Å². The largest absolute Gasteiger partial charge is 0.298 e. The van der Waals surface area contributed by atoms with Crippen LogP contribution in [0.5, 0.6) is 0 Å². The van der Waals surface area contributed by atoms with E-state index < -0.39 is 0 Å². The maximum absolute atomic E-state index is 12.5. The smallest absolute Gasteiger partial charge is 0.153 e. The number of hydrogen-bond acceptors (Lipinski definition) is 3. The maximum atomic E-state index is 12.5. The minimum absolute atomic E-state index is 0.303. The number of Topliss-reactive ketones (excluding diaryl/α,β-unsaturated/α-hetero) is 1. The summed E-state index contributed by atoms with van der Waals surface area (Å²) in [6.45, 7) is 4.18. The summed E-state index contributed by atoms with van der Waals surface area (Å²) < 4.78 is 1.78. The zero-order valence-electron chi connectivity index (χ0n) is 12.2. The first-order chi connectivity index (χ1) is 8.46. The summed E-state index contributed by atoms with van der Waals surface area (Å²) in [5.74, 6) is 0.335. The van der Waals surface area contributed by atoms with Crippen LogP contribution in [0.1, 0.15) is 38.7 Å². The Hall–Kier alpha value is -1.16. The molecule has 1 rings (SSSR count). The van der Waals surface area contributed by atoms with Crippen LogP contribution >= 0.6 is 0 Å². The van der Waals surface area contributed by atoms with Gasteiger partial charge in [-0.2, -0.15) is 5.10 Å². The van der Waals surface area contributed by atoms with E-state index in [0.717, 1.165) is 24.8 Å². The Kier molecular flexibility index (Phi) is 5.08. The van der Waals surface area contributed by atoms with Crippen molar-refractivity contribution in [3.8, 4) is 0 Å². The molecule has 0 spiro atoms. The molecular formula is C14H25N3O. The molecule has 0 saturated heterocycles. The van der Waals surface area contributed by atoms with E-state index in [4.69, 9.17) is 0 Å². The van der Waals surface area contributed by atoms with E-state index in [1.165, 1.54) is 0 Å². The first-order valence-electron chi connectivity index (χ1n) is 6.64. The lowest BCUT2D eigenvalue weighted by Crippen LogP contribution is -2.50. The molecule has 4 nitrogen and oxygen atoms in total. The second-order valence-corrected chi connectivity index (χ2v) is 5.08. The zero-order valence-corrected chi connectivity index (χ0v) is 12.2. The van der Waals surface area contributed by atoms with E-state index in [9.17, 15) is 4.79 Å². The molecule has 1 heterocycles. The number of hydrogen-bond donors (Lipinski definition) is 0. The van der Waals surface area contributed by atoms with Crippen LogP contribution in [0, 0.1) is 0 Å². The monoisotopic (exact) mass is 251 g/mol. The molecule has 0 bridgehead atoms. The molecule has 0 fully saturated rings. The molecule has 102 valence electrons. The number of ketones is 1. The summed E-state index contributed by atoms with van der Waals surface area (Å²) in [6.07, 6.45) is 6.91. The van der Waals surface area contributed by atoms with Crippen LogP contribution in [0.15, 0.2) is 12.4 Å². The number of aromatic nitrogens is 2. The molecule has 0 N–H and O–H groups in total. The highest BCUT2D eigenvalue weighted by molar-refractivity contribution is 5.88. The van der Waals surface area contributed by atoms with Crippen molar-refractivity contribution in [1.29, 1.82) is 0 Å². The van der Waals surface area contributed by atoms with Crippen LogP contribution < -0.4 is 0 Å². The summed E-state index contributed by atoms with van der Waals surface area (Å²) in [5, 5.41) is 4.13. The second-order valence-electron chi connectivity index (χ2n) is 5.08. The van der Waals surface area contributed by atoms with Gasteiger partial charge >= 0.3 is 0 Å². The highest BCUT2D eigenvalue weighted by Gasteiger charge is 2.35. The third kappa shape index (κ3) is 2.99. The predicted octanol–water partition coefficient (Wildman–Crippen LogP) is 2.04. The van der Waals surface area contributed by atoms with Crippen molar-refractivity contribution in [2.45, 2.75) is 45.1 Å². The number of carbonyl (C=O) groups is 1. The van der Waals surface area contributed by atoms with Gasteiger partial charge < -0.3 is 0 Å². The number of rotatable bonds is 7. The Morgan fingerprint density at radius 1 is 1.39 bits per heavy atom. The summed E-state index contributed by atoms with van der Waals surface area (Å²) in [4.78, 5) is 14.5. The molecule has 0 aliphatic rings. The quantitative estimate of drug-likeness (QED) is 0.744. The summed E-state index contributed by atoms with van der Waals surface area (Å²) in [7, 11) is 5.89.